The number of imide groups is 1. The SMILES string of the molecule is O=C1CN(/N=C/c2ccncc2)C(=O)N1. The number of rotatable bonds is 2. The Bertz CT molecular complexity index is 415. The molecule has 1 aromatic rings. The number of carbonyl (C=O) groups is 2. The Hall–Kier alpha value is -2.24. The number of carbonyl (C=O) groups excluding carboxylic acids is 2. The summed E-state index contributed by atoms with van der Waals surface area (Å²) in [5.74, 6) is -0.341. The molecule has 1 fully saturated rings. The molecule has 1 N–H and O–H groups in total. The van der Waals surface area contributed by atoms with E-state index in [0.717, 1.165) is 10.6 Å². The van der Waals surface area contributed by atoms with Crippen LogP contribution in [0.2, 0.25) is 0 Å². The van der Waals surface area contributed by atoms with Gasteiger partial charge in [0.1, 0.15) is 6.54 Å². The van der Waals surface area contributed by atoms with Crippen LogP contribution < -0.4 is 5.32 Å². The topological polar surface area (TPSA) is 74.7 Å². The largest absolute Gasteiger partial charge is 0.344 e. The average Bonchev–Trinajstić information content (AvgIpc) is 2.56. The molecule has 1 saturated heterocycles. The summed E-state index contributed by atoms with van der Waals surface area (Å²) in [7, 11) is 0. The van der Waals surface area contributed by atoms with E-state index in [1.807, 2.05) is 0 Å². The smallest absolute Gasteiger partial charge is 0.275 e. The molecular formula is C9H8N4O2. The number of pyridine rings is 1. The Morgan fingerprint density at radius 2 is 2.13 bits per heavy atom. The molecule has 0 aromatic carbocycles. The van der Waals surface area contributed by atoms with Crippen LogP contribution in [-0.2, 0) is 4.79 Å². The molecule has 1 aliphatic rings. The molecule has 6 nitrogen and oxygen atoms in total. The summed E-state index contributed by atoms with van der Waals surface area (Å²) in [5, 5.41) is 7.07. The van der Waals surface area contributed by atoms with E-state index < -0.39 is 6.03 Å². The second-order valence-corrected chi connectivity index (χ2v) is 2.94. The second-order valence-electron chi connectivity index (χ2n) is 2.94. The summed E-state index contributed by atoms with van der Waals surface area (Å²) in [6.45, 7) is -0.0274. The van der Waals surface area contributed by atoms with Gasteiger partial charge in [-0.05, 0) is 17.7 Å². The van der Waals surface area contributed by atoms with Gasteiger partial charge in [0.05, 0.1) is 6.21 Å². The molecule has 3 amide bonds. The zero-order valence-corrected chi connectivity index (χ0v) is 7.75. The van der Waals surface area contributed by atoms with Crippen LogP contribution in [0.4, 0.5) is 4.79 Å². The van der Waals surface area contributed by atoms with E-state index in [0.29, 0.717) is 0 Å². The minimum atomic E-state index is -0.495. The first kappa shape index (κ1) is 9.32. The van der Waals surface area contributed by atoms with Crippen LogP contribution in [0.1, 0.15) is 5.56 Å². The highest BCUT2D eigenvalue weighted by molar-refractivity contribution is 6.02. The van der Waals surface area contributed by atoms with Crippen molar-refractivity contribution in [2.45, 2.75) is 0 Å². The molecule has 0 atom stereocenters. The van der Waals surface area contributed by atoms with E-state index in [2.05, 4.69) is 15.4 Å². The van der Waals surface area contributed by atoms with Crippen molar-refractivity contribution in [2.24, 2.45) is 5.10 Å². The molecule has 0 aliphatic carbocycles. The van der Waals surface area contributed by atoms with E-state index >= 15 is 0 Å². The zero-order chi connectivity index (χ0) is 10.7. The standard InChI is InChI=1S/C9H8N4O2/c14-8-6-13(9(15)12-8)11-5-7-1-3-10-4-2-7/h1-5H,6H2,(H,12,14,15)/b11-5+. The molecule has 2 rings (SSSR count). The number of hydrogen-bond acceptors (Lipinski definition) is 4. The van der Waals surface area contributed by atoms with Crippen molar-refractivity contribution in [3.8, 4) is 0 Å². The minimum Gasteiger partial charge on any atom is -0.275 e. The molecule has 1 aliphatic heterocycles. The van der Waals surface area contributed by atoms with Crippen molar-refractivity contribution >= 4 is 18.2 Å². The molecule has 0 spiro atoms. The summed E-state index contributed by atoms with van der Waals surface area (Å²) in [5.41, 5.74) is 0.817. The molecule has 76 valence electrons. The van der Waals surface area contributed by atoms with Gasteiger partial charge in [-0.15, -0.1) is 0 Å². The fraction of sp³-hybridized carbons (Fsp3) is 0.111. The lowest BCUT2D eigenvalue weighted by molar-refractivity contribution is -0.118. The minimum absolute atomic E-state index is 0.0274. The second kappa shape index (κ2) is 3.87. The molecule has 6 heteroatoms. The first-order chi connectivity index (χ1) is 7.25. The summed E-state index contributed by atoms with van der Waals surface area (Å²) < 4.78 is 0. The lowest BCUT2D eigenvalue weighted by Gasteiger charge is -2.03. The fourth-order valence-corrected chi connectivity index (χ4v) is 1.11. The molecule has 1 aromatic heterocycles. The summed E-state index contributed by atoms with van der Waals surface area (Å²) in [6.07, 6.45) is 4.74. The third kappa shape index (κ3) is 2.16. The summed E-state index contributed by atoms with van der Waals surface area (Å²) >= 11 is 0. The van der Waals surface area contributed by atoms with Crippen LogP contribution >= 0.6 is 0 Å². The van der Waals surface area contributed by atoms with Crippen molar-refractivity contribution in [2.75, 3.05) is 6.54 Å². The summed E-state index contributed by atoms with van der Waals surface area (Å²) in [4.78, 5) is 25.7. The number of nitrogens with one attached hydrogen (secondary N) is 1. The van der Waals surface area contributed by atoms with Crippen molar-refractivity contribution in [3.05, 3.63) is 30.1 Å². The molecule has 0 bridgehead atoms. The van der Waals surface area contributed by atoms with E-state index in [1.165, 1.54) is 6.21 Å². The van der Waals surface area contributed by atoms with E-state index in [1.54, 1.807) is 24.5 Å². The Kier molecular flexibility index (Phi) is 2.40. The van der Waals surface area contributed by atoms with Crippen molar-refractivity contribution < 1.29 is 9.59 Å². The van der Waals surface area contributed by atoms with Crippen LogP contribution in [0.3, 0.4) is 0 Å². The number of urea groups is 1. The number of aromatic nitrogens is 1. The maximum absolute atomic E-state index is 11.1. The highest BCUT2D eigenvalue weighted by Crippen LogP contribution is 1.99. The molecule has 0 unspecified atom stereocenters. The first-order valence-corrected chi connectivity index (χ1v) is 4.31. The van der Waals surface area contributed by atoms with E-state index in [-0.39, 0.29) is 12.5 Å². The normalized spacial score (nSPS) is 16.1. The summed E-state index contributed by atoms with van der Waals surface area (Å²) in [6, 6.07) is 3.00. The van der Waals surface area contributed by atoms with Gasteiger partial charge in [0.25, 0.3) is 0 Å². The van der Waals surface area contributed by atoms with Crippen LogP contribution in [-0.4, -0.2) is 34.7 Å². The molecule has 15 heavy (non-hydrogen) atoms. The number of hydrogen-bond donors (Lipinski definition) is 1. The fourth-order valence-electron chi connectivity index (χ4n) is 1.11. The molecule has 0 saturated carbocycles. The Labute approximate surface area is 85.6 Å². The van der Waals surface area contributed by atoms with Crippen LogP contribution in [0.15, 0.2) is 29.6 Å². The maximum Gasteiger partial charge on any atom is 0.344 e. The highest BCUT2D eigenvalue weighted by atomic mass is 16.2. The van der Waals surface area contributed by atoms with Crippen LogP contribution in [0, 0.1) is 0 Å². The molecule has 2 heterocycles. The predicted octanol–water partition coefficient (Wildman–Crippen LogP) is -0.0327. The number of hydrazone groups is 1. The Balaban J connectivity index is 2.06. The number of amides is 3. The van der Waals surface area contributed by atoms with Gasteiger partial charge >= 0.3 is 6.03 Å². The van der Waals surface area contributed by atoms with Gasteiger partial charge in [-0.3, -0.25) is 15.1 Å². The average molecular weight is 204 g/mol. The van der Waals surface area contributed by atoms with Crippen molar-refractivity contribution in [1.82, 2.24) is 15.3 Å². The van der Waals surface area contributed by atoms with Gasteiger partial charge in [0, 0.05) is 12.4 Å². The number of nitrogens with zero attached hydrogens (tertiary/aromatic N) is 3. The molecular weight excluding hydrogens is 196 g/mol. The lowest BCUT2D eigenvalue weighted by Crippen LogP contribution is -2.24. The van der Waals surface area contributed by atoms with Gasteiger partial charge in [0.2, 0.25) is 5.91 Å². The third-order valence-electron chi connectivity index (χ3n) is 1.83. The van der Waals surface area contributed by atoms with Crippen molar-refractivity contribution in [3.63, 3.8) is 0 Å². The predicted molar refractivity (Wildman–Crippen MR) is 52.1 cm³/mol. The van der Waals surface area contributed by atoms with Crippen LogP contribution in [0.25, 0.3) is 0 Å². The third-order valence-corrected chi connectivity index (χ3v) is 1.83. The Morgan fingerprint density at radius 3 is 2.73 bits per heavy atom. The quantitative estimate of drug-likeness (QED) is 0.543. The maximum atomic E-state index is 11.1. The lowest BCUT2D eigenvalue weighted by atomic mass is 10.3. The van der Waals surface area contributed by atoms with Gasteiger partial charge in [-0.1, -0.05) is 0 Å². The Morgan fingerprint density at radius 1 is 1.40 bits per heavy atom. The first-order valence-electron chi connectivity index (χ1n) is 4.31. The van der Waals surface area contributed by atoms with Gasteiger partial charge in [-0.2, -0.15) is 5.10 Å². The molecule has 0 radical (unpaired) electrons. The van der Waals surface area contributed by atoms with E-state index in [9.17, 15) is 9.59 Å². The van der Waals surface area contributed by atoms with Gasteiger partial charge in [-0.25, -0.2) is 9.80 Å². The highest BCUT2D eigenvalue weighted by Gasteiger charge is 2.25. The van der Waals surface area contributed by atoms with Crippen molar-refractivity contribution in [1.29, 1.82) is 0 Å². The van der Waals surface area contributed by atoms with E-state index in [4.69, 9.17) is 0 Å². The monoisotopic (exact) mass is 204 g/mol. The van der Waals surface area contributed by atoms with Crippen LogP contribution in [0.5, 0.6) is 0 Å². The zero-order valence-electron chi connectivity index (χ0n) is 7.75. The van der Waals surface area contributed by atoms with Gasteiger partial charge < -0.3 is 0 Å². The van der Waals surface area contributed by atoms with Gasteiger partial charge in [0.15, 0.2) is 0 Å².